The molecule has 3 aromatic rings. The standard InChI is InChI=1S/C33H46F2N4O2Si/c1-32(2,3)42(5,6)41-22-20-38(4)25-11-12-28-27(23-25)30(37-31(36-28)33(35)15-16-33)39-18-13-24(14-19-39)26-9-7-8-10-29(26)40-21-17-34/h7-12,23-24H,13-22H2,1-6H3. The summed E-state index contributed by atoms with van der Waals surface area (Å²) in [6.07, 6.45) is 2.76. The van der Waals surface area contributed by atoms with E-state index in [1.165, 1.54) is 0 Å². The van der Waals surface area contributed by atoms with Crippen molar-refractivity contribution in [1.29, 1.82) is 0 Å². The molecule has 2 fully saturated rings. The molecule has 1 aliphatic carbocycles. The van der Waals surface area contributed by atoms with E-state index in [4.69, 9.17) is 19.1 Å². The minimum absolute atomic E-state index is 0.0652. The summed E-state index contributed by atoms with van der Waals surface area (Å²) in [5.74, 6) is 2.19. The maximum Gasteiger partial charge on any atom is 0.192 e. The Hall–Kier alpha value is -2.78. The van der Waals surface area contributed by atoms with E-state index in [1.54, 1.807) is 0 Å². The number of aromatic nitrogens is 2. The van der Waals surface area contributed by atoms with Crippen LogP contribution in [0.4, 0.5) is 20.3 Å². The molecule has 1 saturated carbocycles. The van der Waals surface area contributed by atoms with Gasteiger partial charge in [0, 0.05) is 37.8 Å². The molecule has 1 saturated heterocycles. The Kier molecular flexibility index (Phi) is 8.82. The zero-order chi connectivity index (χ0) is 30.1. The van der Waals surface area contributed by atoms with E-state index < -0.39 is 20.7 Å². The molecule has 42 heavy (non-hydrogen) atoms. The Bertz CT molecular complexity index is 1380. The number of likely N-dealkylation sites (N-methyl/N-ethyl adjacent to an activating group) is 1. The second kappa shape index (κ2) is 12.1. The van der Waals surface area contributed by atoms with Crippen molar-refractivity contribution in [2.75, 3.05) is 56.4 Å². The normalized spacial score (nSPS) is 17.5. The topological polar surface area (TPSA) is 50.7 Å². The molecule has 0 atom stereocenters. The van der Waals surface area contributed by atoms with Gasteiger partial charge in [-0.25, -0.2) is 18.7 Å². The highest BCUT2D eigenvalue weighted by Crippen LogP contribution is 2.49. The summed E-state index contributed by atoms with van der Waals surface area (Å²) in [7, 11) is 0.263. The number of rotatable bonds is 11. The first-order valence-corrected chi connectivity index (χ1v) is 18.2. The van der Waals surface area contributed by atoms with Crippen molar-refractivity contribution in [2.45, 2.75) is 76.2 Å². The van der Waals surface area contributed by atoms with Gasteiger partial charge in [0.2, 0.25) is 0 Å². The maximum absolute atomic E-state index is 15.3. The predicted molar refractivity (Wildman–Crippen MR) is 170 cm³/mol. The Labute approximate surface area is 250 Å². The Balaban J connectivity index is 1.37. The fraction of sp³-hybridized carbons (Fsp3) is 0.576. The fourth-order valence-corrected chi connectivity index (χ4v) is 6.43. The molecular weight excluding hydrogens is 550 g/mol. The van der Waals surface area contributed by atoms with Crippen LogP contribution in [0.2, 0.25) is 18.1 Å². The van der Waals surface area contributed by atoms with E-state index in [0.717, 1.165) is 66.2 Å². The lowest BCUT2D eigenvalue weighted by Gasteiger charge is -2.36. The Morgan fingerprint density at radius 1 is 1.05 bits per heavy atom. The molecular formula is C33H46F2N4O2Si. The molecule has 0 radical (unpaired) electrons. The summed E-state index contributed by atoms with van der Waals surface area (Å²) in [6.45, 7) is 13.9. The van der Waals surface area contributed by atoms with Crippen LogP contribution in [0.15, 0.2) is 42.5 Å². The average molecular weight is 597 g/mol. The summed E-state index contributed by atoms with van der Waals surface area (Å²) in [6, 6.07) is 14.2. The molecule has 0 amide bonds. The van der Waals surface area contributed by atoms with Crippen LogP contribution in [0.5, 0.6) is 5.75 Å². The summed E-state index contributed by atoms with van der Waals surface area (Å²) in [5, 5.41) is 1.12. The van der Waals surface area contributed by atoms with Crippen LogP contribution in [0, 0.1) is 0 Å². The van der Waals surface area contributed by atoms with Crippen LogP contribution in [-0.2, 0) is 10.1 Å². The Morgan fingerprint density at radius 2 is 1.76 bits per heavy atom. The van der Waals surface area contributed by atoms with E-state index >= 15 is 4.39 Å². The van der Waals surface area contributed by atoms with Crippen LogP contribution in [0.25, 0.3) is 10.9 Å². The fourth-order valence-electron chi connectivity index (χ4n) is 5.40. The number of halogens is 2. The third kappa shape index (κ3) is 6.57. The molecule has 1 aromatic heterocycles. The lowest BCUT2D eigenvalue weighted by molar-refractivity contribution is 0.268. The number of nitrogens with zero attached hydrogens (tertiary/aromatic N) is 4. The molecule has 1 aliphatic heterocycles. The lowest BCUT2D eigenvalue weighted by atomic mass is 9.88. The van der Waals surface area contributed by atoms with Crippen molar-refractivity contribution in [3.05, 3.63) is 53.9 Å². The van der Waals surface area contributed by atoms with Gasteiger partial charge >= 0.3 is 0 Å². The molecule has 0 spiro atoms. The molecule has 0 unspecified atom stereocenters. The smallest absolute Gasteiger partial charge is 0.192 e. The van der Waals surface area contributed by atoms with Gasteiger partial charge in [0.1, 0.15) is 24.8 Å². The van der Waals surface area contributed by atoms with Gasteiger partial charge in [0.15, 0.2) is 19.8 Å². The van der Waals surface area contributed by atoms with Gasteiger partial charge in [-0.05, 0) is 79.6 Å². The summed E-state index contributed by atoms with van der Waals surface area (Å²) in [4.78, 5) is 14.1. The van der Waals surface area contributed by atoms with Crippen molar-refractivity contribution in [2.24, 2.45) is 0 Å². The number of hydrogen-bond donors (Lipinski definition) is 0. The van der Waals surface area contributed by atoms with Crippen LogP contribution in [-0.4, -0.2) is 64.9 Å². The van der Waals surface area contributed by atoms with Crippen LogP contribution >= 0.6 is 0 Å². The van der Waals surface area contributed by atoms with Crippen LogP contribution in [0.3, 0.4) is 0 Å². The highest BCUT2D eigenvalue weighted by atomic mass is 28.4. The second-order valence-corrected chi connectivity index (χ2v) is 18.2. The van der Waals surface area contributed by atoms with E-state index in [2.05, 4.69) is 68.9 Å². The van der Waals surface area contributed by atoms with Crippen LogP contribution < -0.4 is 14.5 Å². The average Bonchev–Trinajstić information content (AvgIpc) is 3.73. The number of anilines is 2. The monoisotopic (exact) mass is 596 g/mol. The quantitative estimate of drug-likeness (QED) is 0.211. The van der Waals surface area contributed by atoms with E-state index in [-0.39, 0.29) is 11.6 Å². The molecule has 5 rings (SSSR count). The van der Waals surface area contributed by atoms with Gasteiger partial charge in [0.05, 0.1) is 12.1 Å². The summed E-state index contributed by atoms with van der Waals surface area (Å²) in [5.41, 5.74) is 1.56. The Morgan fingerprint density at radius 3 is 2.43 bits per heavy atom. The molecule has 0 bridgehead atoms. The zero-order valence-electron chi connectivity index (χ0n) is 26.1. The number of fused-ring (bicyclic) bond motifs is 1. The van der Waals surface area contributed by atoms with Crippen molar-refractivity contribution >= 4 is 30.7 Å². The SMILES string of the molecule is CN(CCO[Si](C)(C)C(C)(C)C)c1ccc2nc(C3(F)CC3)nc(N3CCC(c4ccccc4OCCF)CC3)c2c1. The molecule has 2 aliphatic rings. The highest BCUT2D eigenvalue weighted by molar-refractivity contribution is 6.74. The third-order valence-corrected chi connectivity index (χ3v) is 13.9. The molecule has 2 heterocycles. The number of piperidine rings is 1. The van der Waals surface area contributed by atoms with Crippen molar-refractivity contribution in [1.82, 2.24) is 9.97 Å². The van der Waals surface area contributed by atoms with E-state index in [0.29, 0.717) is 31.2 Å². The lowest BCUT2D eigenvalue weighted by Crippen LogP contribution is -2.42. The van der Waals surface area contributed by atoms with Crippen molar-refractivity contribution in [3.63, 3.8) is 0 Å². The third-order valence-electron chi connectivity index (χ3n) is 9.37. The van der Waals surface area contributed by atoms with Gasteiger partial charge < -0.3 is 19.0 Å². The number of ether oxygens (including phenoxy) is 1. The first-order chi connectivity index (χ1) is 19.9. The van der Waals surface area contributed by atoms with Gasteiger partial charge in [-0.1, -0.05) is 39.0 Å². The predicted octanol–water partition coefficient (Wildman–Crippen LogP) is 7.78. The van der Waals surface area contributed by atoms with E-state index in [9.17, 15) is 4.39 Å². The summed E-state index contributed by atoms with van der Waals surface area (Å²) < 4.78 is 40.2. The number of hydrogen-bond acceptors (Lipinski definition) is 6. The number of alkyl halides is 2. The maximum atomic E-state index is 15.3. The van der Waals surface area contributed by atoms with Crippen molar-refractivity contribution < 1.29 is 17.9 Å². The summed E-state index contributed by atoms with van der Waals surface area (Å²) >= 11 is 0. The molecule has 6 nitrogen and oxygen atoms in total. The first kappa shape index (κ1) is 30.7. The number of benzene rings is 2. The largest absolute Gasteiger partial charge is 0.491 e. The molecule has 2 aromatic carbocycles. The number of para-hydroxylation sites is 1. The van der Waals surface area contributed by atoms with Gasteiger partial charge in [-0.15, -0.1) is 0 Å². The highest BCUT2D eigenvalue weighted by Gasteiger charge is 2.48. The molecule has 228 valence electrons. The van der Waals surface area contributed by atoms with Crippen LogP contribution in [0.1, 0.15) is 63.8 Å². The minimum atomic E-state index is -1.82. The molecule has 9 heteroatoms. The van der Waals surface area contributed by atoms with Gasteiger partial charge in [0.25, 0.3) is 0 Å². The zero-order valence-corrected chi connectivity index (χ0v) is 27.1. The molecule has 0 N–H and O–H groups in total. The van der Waals surface area contributed by atoms with E-state index in [1.807, 2.05) is 24.3 Å². The first-order valence-electron chi connectivity index (χ1n) is 15.3. The van der Waals surface area contributed by atoms with Gasteiger partial charge in [-0.2, -0.15) is 0 Å². The minimum Gasteiger partial charge on any atom is -0.491 e. The van der Waals surface area contributed by atoms with Gasteiger partial charge in [-0.3, -0.25) is 0 Å². The van der Waals surface area contributed by atoms with Crippen molar-refractivity contribution in [3.8, 4) is 5.75 Å². The second-order valence-electron chi connectivity index (χ2n) is 13.4.